The third-order valence-corrected chi connectivity index (χ3v) is 2.28. The summed E-state index contributed by atoms with van der Waals surface area (Å²) in [6, 6.07) is 16.2. The maximum Gasteiger partial charge on any atom is 0.135 e. The molecule has 2 heteroatoms. The molecule has 0 aliphatic heterocycles. The van der Waals surface area contributed by atoms with Crippen molar-refractivity contribution in [2.45, 2.75) is 0 Å². The number of para-hydroxylation sites is 2. The molecule has 0 spiro atoms. The van der Waals surface area contributed by atoms with E-state index in [1.807, 2.05) is 36.4 Å². The van der Waals surface area contributed by atoms with Gasteiger partial charge < -0.3 is 4.42 Å². The van der Waals surface area contributed by atoms with Crippen LogP contribution in [0, 0.1) is 0 Å². The Hall–Kier alpha value is -0.760. The second kappa shape index (κ2) is 3.77. The summed E-state index contributed by atoms with van der Waals surface area (Å²) in [7, 11) is 0. The normalized spacial score (nSPS) is 10.3. The molecule has 1 aromatic heterocycles. The molecule has 2 aromatic carbocycles. The van der Waals surface area contributed by atoms with Crippen molar-refractivity contribution in [3.05, 3.63) is 48.5 Å². The van der Waals surface area contributed by atoms with E-state index in [9.17, 15) is 0 Å². The summed E-state index contributed by atoms with van der Waals surface area (Å²) < 4.78 is 5.65. The Labute approximate surface area is 104 Å². The van der Waals surface area contributed by atoms with E-state index in [2.05, 4.69) is 12.1 Å². The zero-order chi connectivity index (χ0) is 8.67. The summed E-state index contributed by atoms with van der Waals surface area (Å²) in [4.78, 5) is 0. The fourth-order valence-corrected chi connectivity index (χ4v) is 1.67. The molecule has 64 valence electrons. The number of hydrogen-bond acceptors (Lipinski definition) is 1. The van der Waals surface area contributed by atoms with Gasteiger partial charge in [0.2, 0.25) is 0 Å². The molecule has 0 radical (unpaired) electrons. The Morgan fingerprint density at radius 2 is 1.07 bits per heavy atom. The zero-order valence-corrected chi connectivity index (χ0v) is 7.03. The van der Waals surface area contributed by atoms with Crippen LogP contribution in [-0.4, -0.2) is 29.6 Å². The van der Waals surface area contributed by atoms with Gasteiger partial charge in [0.25, 0.3) is 0 Å². The van der Waals surface area contributed by atoms with Crippen molar-refractivity contribution >= 4 is 51.5 Å². The van der Waals surface area contributed by atoms with Crippen LogP contribution in [0.25, 0.3) is 21.9 Å². The summed E-state index contributed by atoms with van der Waals surface area (Å²) >= 11 is 0. The van der Waals surface area contributed by atoms with Gasteiger partial charge in [-0.05, 0) is 12.1 Å². The molecule has 0 bridgehead atoms. The van der Waals surface area contributed by atoms with Gasteiger partial charge in [0.1, 0.15) is 11.2 Å². The largest absolute Gasteiger partial charge is 0.456 e. The second-order valence-corrected chi connectivity index (χ2v) is 3.09. The molecule has 0 aliphatic carbocycles. The molecule has 1 heterocycles. The molecule has 0 fully saturated rings. The summed E-state index contributed by atoms with van der Waals surface area (Å²) in [5.74, 6) is 0. The Balaban J connectivity index is 0.000000750. The standard InChI is InChI=1S/C12H8O.Na.H/c1-3-7-11-9(5-1)10-6-2-4-8-12(10)13-11;;/h1-8H;;. The third-order valence-electron chi connectivity index (χ3n) is 2.28. The number of furan rings is 1. The molecule has 3 aromatic rings. The molecule has 0 saturated carbocycles. The van der Waals surface area contributed by atoms with Crippen LogP contribution in [0.4, 0.5) is 0 Å². The molecule has 3 rings (SSSR count). The van der Waals surface area contributed by atoms with Gasteiger partial charge in [-0.1, -0.05) is 36.4 Å². The van der Waals surface area contributed by atoms with E-state index in [0.29, 0.717) is 0 Å². The molecule has 14 heavy (non-hydrogen) atoms. The first-order valence-corrected chi connectivity index (χ1v) is 4.31. The molecule has 0 amide bonds. The predicted molar refractivity (Wildman–Crippen MR) is 60.9 cm³/mol. The van der Waals surface area contributed by atoms with Gasteiger partial charge in [-0.2, -0.15) is 0 Å². The van der Waals surface area contributed by atoms with Crippen molar-refractivity contribution in [3.63, 3.8) is 0 Å². The minimum absolute atomic E-state index is 0. The summed E-state index contributed by atoms with van der Waals surface area (Å²) in [6.07, 6.45) is 0. The van der Waals surface area contributed by atoms with Gasteiger partial charge in [0.15, 0.2) is 0 Å². The average molecular weight is 192 g/mol. The molecule has 0 saturated heterocycles. The van der Waals surface area contributed by atoms with Gasteiger partial charge in [-0.15, -0.1) is 0 Å². The second-order valence-electron chi connectivity index (χ2n) is 3.09. The molecule has 0 atom stereocenters. The molecule has 0 N–H and O–H groups in total. The molecular formula is C12H9NaO. The topological polar surface area (TPSA) is 13.1 Å². The smallest absolute Gasteiger partial charge is 0.135 e. The molecule has 0 aliphatic rings. The fourth-order valence-electron chi connectivity index (χ4n) is 1.67. The predicted octanol–water partition coefficient (Wildman–Crippen LogP) is 2.94. The van der Waals surface area contributed by atoms with Gasteiger partial charge in [0, 0.05) is 10.8 Å². The van der Waals surface area contributed by atoms with E-state index in [1.165, 1.54) is 10.8 Å². The van der Waals surface area contributed by atoms with Crippen LogP contribution in [0.5, 0.6) is 0 Å². The Morgan fingerprint density at radius 3 is 1.57 bits per heavy atom. The molecule has 0 unspecified atom stereocenters. The summed E-state index contributed by atoms with van der Waals surface area (Å²) in [6.45, 7) is 0. The van der Waals surface area contributed by atoms with Crippen molar-refractivity contribution in [1.82, 2.24) is 0 Å². The Kier molecular flexibility index (Phi) is 2.64. The van der Waals surface area contributed by atoms with E-state index in [-0.39, 0.29) is 29.6 Å². The average Bonchev–Trinajstić information content (AvgIpc) is 2.56. The van der Waals surface area contributed by atoms with Gasteiger partial charge in [-0.25, -0.2) is 0 Å². The van der Waals surface area contributed by atoms with E-state index in [0.717, 1.165) is 11.2 Å². The van der Waals surface area contributed by atoms with E-state index < -0.39 is 0 Å². The fraction of sp³-hybridized carbons (Fsp3) is 0. The van der Waals surface area contributed by atoms with Crippen LogP contribution in [0.1, 0.15) is 0 Å². The van der Waals surface area contributed by atoms with Crippen LogP contribution in [0.3, 0.4) is 0 Å². The van der Waals surface area contributed by atoms with Crippen LogP contribution < -0.4 is 0 Å². The SMILES string of the molecule is [NaH].c1ccc2c(c1)oc1ccccc12. The first-order chi connectivity index (χ1) is 6.45. The minimum atomic E-state index is 0. The molecular weight excluding hydrogens is 183 g/mol. The van der Waals surface area contributed by atoms with Gasteiger partial charge in [-0.3, -0.25) is 0 Å². The van der Waals surface area contributed by atoms with E-state index in [1.54, 1.807) is 0 Å². The van der Waals surface area contributed by atoms with Crippen molar-refractivity contribution in [2.24, 2.45) is 0 Å². The van der Waals surface area contributed by atoms with Gasteiger partial charge in [0.05, 0.1) is 0 Å². The van der Waals surface area contributed by atoms with E-state index in [4.69, 9.17) is 4.42 Å². The monoisotopic (exact) mass is 192 g/mol. The van der Waals surface area contributed by atoms with Crippen molar-refractivity contribution in [1.29, 1.82) is 0 Å². The molecule has 1 nitrogen and oxygen atoms in total. The van der Waals surface area contributed by atoms with Crippen molar-refractivity contribution in [3.8, 4) is 0 Å². The maximum absolute atomic E-state index is 5.65. The van der Waals surface area contributed by atoms with Crippen LogP contribution in [-0.2, 0) is 0 Å². The minimum Gasteiger partial charge on any atom is -0.456 e. The van der Waals surface area contributed by atoms with E-state index >= 15 is 0 Å². The number of rotatable bonds is 0. The number of hydrogen-bond donors (Lipinski definition) is 0. The first-order valence-electron chi connectivity index (χ1n) is 4.31. The number of fused-ring (bicyclic) bond motifs is 3. The summed E-state index contributed by atoms with van der Waals surface area (Å²) in [5.41, 5.74) is 1.92. The zero-order valence-electron chi connectivity index (χ0n) is 7.03. The maximum atomic E-state index is 5.65. The van der Waals surface area contributed by atoms with Crippen LogP contribution in [0.2, 0.25) is 0 Å². The van der Waals surface area contributed by atoms with Crippen molar-refractivity contribution in [2.75, 3.05) is 0 Å². The van der Waals surface area contributed by atoms with Crippen molar-refractivity contribution < 1.29 is 4.42 Å². The Morgan fingerprint density at radius 1 is 0.643 bits per heavy atom. The van der Waals surface area contributed by atoms with Crippen LogP contribution in [0.15, 0.2) is 52.9 Å². The first kappa shape index (κ1) is 9.78. The van der Waals surface area contributed by atoms with Crippen LogP contribution >= 0.6 is 0 Å². The summed E-state index contributed by atoms with van der Waals surface area (Å²) in [5, 5.41) is 2.39. The van der Waals surface area contributed by atoms with Gasteiger partial charge >= 0.3 is 29.6 Å². The Bertz CT molecular complexity index is 518. The number of benzene rings is 2. The third kappa shape index (κ3) is 1.38. The quantitative estimate of drug-likeness (QED) is 0.499.